The summed E-state index contributed by atoms with van der Waals surface area (Å²) >= 11 is 9.31. The third-order valence-corrected chi connectivity index (χ3v) is 11.6. The Morgan fingerprint density at radius 1 is 0.750 bits per heavy atom. The second kappa shape index (κ2) is 6.87. The molecule has 28 heavy (non-hydrogen) atoms. The first-order valence-electron chi connectivity index (χ1n) is 9.07. The Morgan fingerprint density at radius 2 is 1.25 bits per heavy atom. The predicted octanol–water partition coefficient (Wildman–Crippen LogP) is 0.116. The molecule has 0 amide bonds. The van der Waals surface area contributed by atoms with Gasteiger partial charge in [0.15, 0.2) is 0 Å². The van der Waals surface area contributed by atoms with Crippen LogP contribution >= 0.6 is 11.1 Å². The van der Waals surface area contributed by atoms with E-state index in [0.717, 1.165) is 0 Å². The Balaban J connectivity index is 0.000000961. The van der Waals surface area contributed by atoms with Crippen LogP contribution in [0.1, 0.15) is 38.0 Å². The number of benzene rings is 3. The summed E-state index contributed by atoms with van der Waals surface area (Å²) < 4.78 is 0.501. The van der Waals surface area contributed by atoms with Crippen LogP contribution in [-0.2, 0) is 20.4 Å². The van der Waals surface area contributed by atoms with Gasteiger partial charge < -0.3 is 24.8 Å². The fourth-order valence-electron chi connectivity index (χ4n) is 5.16. The zero-order chi connectivity index (χ0) is 17.6. The van der Waals surface area contributed by atoms with Crippen LogP contribution < -0.4 is 24.8 Å². The largest absolute Gasteiger partial charge is 1.00 e. The molecule has 0 bridgehead atoms. The van der Waals surface area contributed by atoms with Crippen molar-refractivity contribution < 1.29 is 45.2 Å². The minimum Gasteiger partial charge on any atom is -1.00 e. The van der Waals surface area contributed by atoms with Crippen LogP contribution in [0.25, 0.3) is 16.3 Å². The summed E-state index contributed by atoms with van der Waals surface area (Å²) in [5.41, 5.74) is 10.1. The van der Waals surface area contributed by atoms with E-state index >= 15 is 0 Å². The maximum absolute atomic E-state index is 6.98. The van der Waals surface area contributed by atoms with Gasteiger partial charge in [-0.25, -0.2) is 0 Å². The fraction of sp³-hybridized carbons (Fsp3) is 0.130. The average Bonchev–Trinajstić information content (AvgIpc) is 2.94. The molecule has 0 spiro atoms. The van der Waals surface area contributed by atoms with Crippen molar-refractivity contribution in [2.24, 2.45) is 0 Å². The molecule has 3 aromatic rings. The van der Waals surface area contributed by atoms with Crippen LogP contribution in [0, 0.1) is 0 Å². The topological polar surface area (TPSA) is 0 Å². The van der Waals surface area contributed by atoms with E-state index < -0.39 is 7.38 Å². The van der Waals surface area contributed by atoms with Crippen LogP contribution in [0.3, 0.4) is 0 Å². The normalized spacial score (nSPS) is 23.2. The third kappa shape index (κ3) is 2.48. The SMILES string of the molecule is C[Si]1(Cl)C2=C1[CH]([Ti+2])c1cccc(C3c4ccccc4-c4ccccc43)c12.[Cl-].[Cl-]. The second-order valence-corrected chi connectivity index (χ2v) is 13.9. The monoisotopic (exact) mass is 473 g/mol. The molecule has 0 saturated carbocycles. The van der Waals surface area contributed by atoms with Gasteiger partial charge in [-0.05, 0) is 0 Å². The minimum atomic E-state index is -1.78. The van der Waals surface area contributed by atoms with E-state index in [4.69, 9.17) is 11.1 Å². The van der Waals surface area contributed by atoms with Gasteiger partial charge in [-0.3, -0.25) is 0 Å². The van der Waals surface area contributed by atoms with Gasteiger partial charge in [0.1, 0.15) is 0 Å². The van der Waals surface area contributed by atoms with E-state index in [1.54, 1.807) is 5.20 Å². The minimum absolute atomic E-state index is 0. The van der Waals surface area contributed by atoms with E-state index in [9.17, 15) is 0 Å². The summed E-state index contributed by atoms with van der Waals surface area (Å²) in [5.74, 6) is 0.318. The third-order valence-electron chi connectivity index (χ3n) is 6.31. The van der Waals surface area contributed by atoms with Crippen molar-refractivity contribution in [1.29, 1.82) is 0 Å². The number of rotatable bonds is 1. The molecule has 5 heteroatoms. The van der Waals surface area contributed by atoms with Crippen LogP contribution in [0.2, 0.25) is 6.55 Å². The van der Waals surface area contributed by atoms with Crippen LogP contribution in [0.15, 0.2) is 71.9 Å². The zero-order valence-electron chi connectivity index (χ0n) is 15.1. The van der Waals surface area contributed by atoms with Crippen molar-refractivity contribution in [2.45, 2.75) is 16.7 Å². The smallest absolute Gasteiger partial charge is 1.00 e. The molecule has 0 aromatic heterocycles. The van der Waals surface area contributed by atoms with Gasteiger partial charge in [0.2, 0.25) is 0 Å². The first-order chi connectivity index (χ1) is 12.6. The zero-order valence-corrected chi connectivity index (χ0v) is 20.0. The van der Waals surface area contributed by atoms with Crippen molar-refractivity contribution in [1.82, 2.24) is 0 Å². The number of fused-ring (bicyclic) bond motifs is 5. The average molecular weight is 475 g/mol. The second-order valence-electron chi connectivity index (χ2n) is 7.64. The Labute approximate surface area is 195 Å². The van der Waals surface area contributed by atoms with Crippen molar-refractivity contribution in [3.05, 3.63) is 99.7 Å². The molecule has 2 unspecified atom stereocenters. The molecule has 0 fully saturated rings. The van der Waals surface area contributed by atoms with Crippen molar-refractivity contribution >= 4 is 23.7 Å². The van der Waals surface area contributed by atoms with E-state index in [2.05, 4.69) is 93.7 Å². The van der Waals surface area contributed by atoms with Gasteiger partial charge in [-0.2, -0.15) is 0 Å². The van der Waals surface area contributed by atoms with Crippen LogP contribution in [0.5, 0.6) is 0 Å². The summed E-state index contributed by atoms with van der Waals surface area (Å²) in [7, 11) is -1.78. The van der Waals surface area contributed by atoms with Crippen molar-refractivity contribution in [3.8, 4) is 11.1 Å². The van der Waals surface area contributed by atoms with Gasteiger partial charge in [-0.1, -0.05) is 0 Å². The summed E-state index contributed by atoms with van der Waals surface area (Å²) in [6.45, 7) is 2.30. The first-order valence-corrected chi connectivity index (χ1v) is 13.5. The fourth-order valence-corrected chi connectivity index (χ4v) is 12.1. The molecular weight excluding hydrogens is 459 g/mol. The van der Waals surface area contributed by atoms with E-state index in [-0.39, 0.29) is 24.8 Å². The molecule has 3 aromatic carbocycles. The van der Waals surface area contributed by atoms with Crippen LogP contribution in [-0.4, -0.2) is 7.38 Å². The molecule has 2 aliphatic carbocycles. The Morgan fingerprint density at radius 3 is 1.86 bits per heavy atom. The Bertz CT molecular complexity index is 1110. The molecule has 0 nitrogen and oxygen atoms in total. The van der Waals surface area contributed by atoms with Crippen LogP contribution in [0.4, 0.5) is 0 Å². The summed E-state index contributed by atoms with van der Waals surface area (Å²) in [6, 6.07) is 24.7. The standard InChI is InChI=1S/C23H16ClSi.2ClH.Ti/c1-25(24)20-13-14-7-6-12-19(21(14)23(20)25)22-17-10-4-2-8-15(17)16-9-3-5-11-18(16)22;;;/h2-13,22H,1H3;2*1H;/q;;;+2/p-2. The molecule has 0 radical (unpaired) electrons. The molecule has 1 heterocycles. The van der Waals surface area contributed by atoms with Gasteiger partial charge in [-0.15, -0.1) is 0 Å². The summed E-state index contributed by atoms with van der Waals surface area (Å²) in [4.78, 5) is 0. The molecule has 1 aliphatic heterocycles. The van der Waals surface area contributed by atoms with Gasteiger partial charge >= 0.3 is 172 Å². The molecular formula is C23H16Cl3SiTi. The van der Waals surface area contributed by atoms with E-state index in [1.165, 1.54) is 44.1 Å². The van der Waals surface area contributed by atoms with Gasteiger partial charge in [0.05, 0.1) is 0 Å². The number of allylic oxidation sites excluding steroid dienone is 1. The Kier molecular flexibility index (Phi) is 5.03. The van der Waals surface area contributed by atoms with E-state index in [0.29, 0.717) is 10.1 Å². The Hall–Kier alpha value is -0.799. The first kappa shape index (κ1) is 20.5. The molecule has 3 aliphatic rings. The predicted molar refractivity (Wildman–Crippen MR) is 106 cm³/mol. The maximum atomic E-state index is 6.98. The molecule has 6 rings (SSSR count). The number of hydrogen-bond donors (Lipinski definition) is 0. The molecule has 0 N–H and O–H groups in total. The number of halogens is 3. The molecule has 0 saturated heterocycles. The molecule has 2 atom stereocenters. The quantitative estimate of drug-likeness (QED) is 0.272. The van der Waals surface area contributed by atoms with E-state index in [1.807, 2.05) is 0 Å². The molecule has 137 valence electrons. The maximum Gasteiger partial charge on any atom is -1.00 e. The summed E-state index contributed by atoms with van der Waals surface area (Å²) in [5, 5.41) is 3.10. The summed E-state index contributed by atoms with van der Waals surface area (Å²) in [6.07, 6.45) is 0. The van der Waals surface area contributed by atoms with Crippen molar-refractivity contribution in [2.75, 3.05) is 0 Å². The van der Waals surface area contributed by atoms with Crippen molar-refractivity contribution in [3.63, 3.8) is 0 Å². The van der Waals surface area contributed by atoms with Gasteiger partial charge in [0, 0.05) is 0 Å². The van der Waals surface area contributed by atoms with Gasteiger partial charge in [0.25, 0.3) is 0 Å². The number of hydrogen-bond acceptors (Lipinski definition) is 0.